The largest absolute Gasteiger partial charge is 0.465 e. The standard InChI is InChI=1S/C15H25N3O4/c1-3-5-8-21-9-6-7-18-15(20)13(10-16)11-17-12-14(19)22-4-2/h11,17H,3-9,12H2,1-2H3,(H,18,20)/b13-11-. The molecular formula is C15H25N3O4. The van der Waals surface area contributed by atoms with E-state index in [1.165, 1.54) is 6.20 Å². The van der Waals surface area contributed by atoms with Gasteiger partial charge in [0.25, 0.3) is 5.91 Å². The number of nitriles is 1. The van der Waals surface area contributed by atoms with Gasteiger partial charge in [0.15, 0.2) is 0 Å². The number of amides is 1. The normalized spacial score (nSPS) is 10.7. The molecule has 0 heterocycles. The molecule has 7 nitrogen and oxygen atoms in total. The number of unbranched alkanes of at least 4 members (excludes halogenated alkanes) is 1. The third-order valence-electron chi connectivity index (χ3n) is 2.56. The molecule has 0 spiro atoms. The molecule has 0 fully saturated rings. The van der Waals surface area contributed by atoms with Crippen LogP contribution in [0.2, 0.25) is 0 Å². The lowest BCUT2D eigenvalue weighted by Crippen LogP contribution is -2.28. The van der Waals surface area contributed by atoms with Crippen molar-refractivity contribution < 1.29 is 19.1 Å². The molecule has 0 aromatic heterocycles. The molecule has 0 aliphatic heterocycles. The van der Waals surface area contributed by atoms with Crippen LogP contribution in [0.1, 0.15) is 33.1 Å². The van der Waals surface area contributed by atoms with Crippen molar-refractivity contribution in [3.8, 4) is 6.07 Å². The average Bonchev–Trinajstić information content (AvgIpc) is 2.50. The minimum atomic E-state index is -0.479. The molecule has 2 N–H and O–H groups in total. The maximum Gasteiger partial charge on any atom is 0.325 e. The topological polar surface area (TPSA) is 100 Å². The summed E-state index contributed by atoms with van der Waals surface area (Å²) in [5.74, 6) is -0.923. The van der Waals surface area contributed by atoms with E-state index in [0.717, 1.165) is 19.4 Å². The zero-order chi connectivity index (χ0) is 16.6. The van der Waals surface area contributed by atoms with Crippen LogP contribution in [-0.4, -0.2) is 44.8 Å². The molecule has 0 aliphatic carbocycles. The Labute approximate surface area is 131 Å². The number of nitrogens with one attached hydrogen (secondary N) is 2. The number of nitrogens with zero attached hydrogens (tertiary/aromatic N) is 1. The molecule has 0 saturated carbocycles. The van der Waals surface area contributed by atoms with Crippen molar-refractivity contribution in [2.45, 2.75) is 33.1 Å². The zero-order valence-electron chi connectivity index (χ0n) is 13.3. The van der Waals surface area contributed by atoms with E-state index in [1.54, 1.807) is 13.0 Å². The molecule has 0 aliphatic rings. The summed E-state index contributed by atoms with van der Waals surface area (Å²) in [6, 6.07) is 1.78. The summed E-state index contributed by atoms with van der Waals surface area (Å²) >= 11 is 0. The van der Waals surface area contributed by atoms with Gasteiger partial charge < -0.3 is 20.1 Å². The summed E-state index contributed by atoms with van der Waals surface area (Å²) in [6.07, 6.45) is 4.01. The van der Waals surface area contributed by atoms with Crippen molar-refractivity contribution in [3.05, 3.63) is 11.8 Å². The second-order valence-electron chi connectivity index (χ2n) is 4.43. The fourth-order valence-electron chi connectivity index (χ4n) is 1.42. The van der Waals surface area contributed by atoms with Gasteiger partial charge in [-0.1, -0.05) is 13.3 Å². The van der Waals surface area contributed by atoms with Gasteiger partial charge >= 0.3 is 5.97 Å². The first-order valence-corrected chi connectivity index (χ1v) is 7.50. The maximum atomic E-state index is 11.7. The summed E-state index contributed by atoms with van der Waals surface area (Å²) in [5, 5.41) is 14.1. The molecule has 1 amide bonds. The van der Waals surface area contributed by atoms with Crippen molar-refractivity contribution in [2.75, 3.05) is 32.9 Å². The number of ether oxygens (including phenoxy) is 2. The van der Waals surface area contributed by atoms with E-state index in [0.29, 0.717) is 19.6 Å². The van der Waals surface area contributed by atoms with Gasteiger partial charge in [0.2, 0.25) is 0 Å². The summed E-state index contributed by atoms with van der Waals surface area (Å²) in [6.45, 7) is 5.73. The fraction of sp³-hybridized carbons (Fsp3) is 0.667. The van der Waals surface area contributed by atoms with Gasteiger partial charge in [-0.15, -0.1) is 0 Å². The lowest BCUT2D eigenvalue weighted by Gasteiger charge is -2.06. The van der Waals surface area contributed by atoms with Crippen LogP contribution in [0.3, 0.4) is 0 Å². The molecule has 0 atom stereocenters. The van der Waals surface area contributed by atoms with Crippen molar-refractivity contribution in [3.63, 3.8) is 0 Å². The van der Waals surface area contributed by atoms with E-state index in [4.69, 9.17) is 14.7 Å². The average molecular weight is 311 g/mol. The predicted octanol–water partition coefficient (Wildman–Crippen LogP) is 0.870. The Kier molecular flexibility index (Phi) is 12.6. The van der Waals surface area contributed by atoms with Gasteiger partial charge in [0.1, 0.15) is 18.2 Å². The van der Waals surface area contributed by atoms with Crippen LogP contribution in [0.5, 0.6) is 0 Å². The van der Waals surface area contributed by atoms with Gasteiger partial charge in [-0.2, -0.15) is 5.26 Å². The van der Waals surface area contributed by atoms with Gasteiger partial charge in [0.05, 0.1) is 6.61 Å². The van der Waals surface area contributed by atoms with E-state index in [-0.39, 0.29) is 18.7 Å². The third-order valence-corrected chi connectivity index (χ3v) is 2.56. The van der Waals surface area contributed by atoms with Gasteiger partial charge in [-0.05, 0) is 19.8 Å². The molecule has 0 saturated heterocycles. The maximum absolute atomic E-state index is 11.7. The van der Waals surface area contributed by atoms with Gasteiger partial charge in [-0.3, -0.25) is 9.59 Å². The highest BCUT2D eigenvalue weighted by Crippen LogP contribution is 1.92. The zero-order valence-corrected chi connectivity index (χ0v) is 13.3. The number of carbonyl (C=O) groups is 2. The van der Waals surface area contributed by atoms with E-state index in [1.807, 2.05) is 0 Å². The first-order valence-electron chi connectivity index (χ1n) is 7.50. The van der Waals surface area contributed by atoms with Gasteiger partial charge in [0, 0.05) is 26.0 Å². The summed E-state index contributed by atoms with van der Waals surface area (Å²) in [4.78, 5) is 22.8. The Morgan fingerprint density at radius 2 is 1.95 bits per heavy atom. The Morgan fingerprint density at radius 3 is 2.59 bits per heavy atom. The first kappa shape index (κ1) is 19.9. The van der Waals surface area contributed by atoms with Crippen LogP contribution >= 0.6 is 0 Å². The summed E-state index contributed by atoms with van der Waals surface area (Å²) in [7, 11) is 0. The van der Waals surface area contributed by atoms with Crippen molar-refractivity contribution in [2.24, 2.45) is 0 Å². The van der Waals surface area contributed by atoms with Crippen molar-refractivity contribution >= 4 is 11.9 Å². The monoisotopic (exact) mass is 311 g/mol. The highest BCUT2D eigenvalue weighted by atomic mass is 16.5. The molecule has 0 rings (SSSR count). The molecule has 0 aromatic rings. The smallest absolute Gasteiger partial charge is 0.325 e. The van der Waals surface area contributed by atoms with Crippen LogP contribution in [-0.2, 0) is 19.1 Å². The van der Waals surface area contributed by atoms with E-state index < -0.39 is 11.9 Å². The molecular weight excluding hydrogens is 286 g/mol. The number of rotatable bonds is 12. The highest BCUT2D eigenvalue weighted by Gasteiger charge is 2.08. The van der Waals surface area contributed by atoms with E-state index in [9.17, 15) is 9.59 Å². The van der Waals surface area contributed by atoms with Crippen LogP contribution in [0, 0.1) is 11.3 Å². The SMILES string of the molecule is CCCCOCCCNC(=O)/C(C#N)=C\NCC(=O)OCC. The van der Waals surface area contributed by atoms with Crippen molar-refractivity contribution in [1.82, 2.24) is 10.6 Å². The van der Waals surface area contributed by atoms with Crippen molar-refractivity contribution in [1.29, 1.82) is 5.26 Å². The van der Waals surface area contributed by atoms with Crippen LogP contribution in [0.25, 0.3) is 0 Å². The minimum absolute atomic E-state index is 0.0857. The lowest BCUT2D eigenvalue weighted by atomic mass is 10.3. The number of hydrogen-bond donors (Lipinski definition) is 2. The Hall–Kier alpha value is -2.07. The Morgan fingerprint density at radius 1 is 1.23 bits per heavy atom. The molecule has 0 unspecified atom stereocenters. The Balaban J connectivity index is 3.90. The predicted molar refractivity (Wildman–Crippen MR) is 81.7 cm³/mol. The summed E-state index contributed by atoms with van der Waals surface area (Å²) < 4.78 is 10.1. The number of carbonyl (C=O) groups excluding carboxylic acids is 2. The fourth-order valence-corrected chi connectivity index (χ4v) is 1.42. The molecule has 124 valence electrons. The number of esters is 1. The van der Waals surface area contributed by atoms with Crippen LogP contribution < -0.4 is 10.6 Å². The first-order chi connectivity index (χ1) is 10.7. The number of hydrogen-bond acceptors (Lipinski definition) is 6. The summed E-state index contributed by atoms with van der Waals surface area (Å²) in [5.41, 5.74) is -0.0869. The molecule has 7 heteroatoms. The van der Waals surface area contributed by atoms with Crippen LogP contribution in [0.15, 0.2) is 11.8 Å². The minimum Gasteiger partial charge on any atom is -0.465 e. The second kappa shape index (κ2) is 13.9. The molecule has 0 radical (unpaired) electrons. The Bertz CT molecular complexity index is 402. The second-order valence-corrected chi connectivity index (χ2v) is 4.43. The van der Waals surface area contributed by atoms with E-state index in [2.05, 4.69) is 17.6 Å². The molecule has 0 bridgehead atoms. The highest BCUT2D eigenvalue weighted by molar-refractivity contribution is 5.97. The third kappa shape index (κ3) is 10.7. The lowest BCUT2D eigenvalue weighted by molar-refractivity contribution is -0.141. The molecule has 22 heavy (non-hydrogen) atoms. The van der Waals surface area contributed by atoms with E-state index >= 15 is 0 Å². The van der Waals surface area contributed by atoms with Gasteiger partial charge in [-0.25, -0.2) is 0 Å². The van der Waals surface area contributed by atoms with Crippen LogP contribution in [0.4, 0.5) is 0 Å². The molecule has 0 aromatic carbocycles. The quantitative estimate of drug-likeness (QED) is 0.240.